The molecule has 15 nitrogen and oxygen atoms in total. The summed E-state index contributed by atoms with van der Waals surface area (Å²) < 4.78 is 11.3. The Morgan fingerprint density at radius 1 is 0.980 bits per heavy atom. The highest BCUT2D eigenvalue weighted by Gasteiger charge is 2.30. The number of unbranched alkanes of at least 4 members (excludes halogenated alkanes) is 1. The maximum atomic E-state index is 12.6. The molecule has 1 aromatic carbocycles. The third kappa shape index (κ3) is 9.49. The number of hydroxylamine groups is 1. The van der Waals surface area contributed by atoms with Crippen LogP contribution >= 0.6 is 0 Å². The number of nitrogens with zero attached hydrogens (tertiary/aromatic N) is 5. The molecule has 4 heterocycles. The fraction of sp³-hybridized carbons (Fsp3) is 0.618. The van der Waals surface area contributed by atoms with Crippen molar-refractivity contribution in [3.05, 3.63) is 29.6 Å². The van der Waals surface area contributed by atoms with E-state index in [1.54, 1.807) is 12.6 Å². The van der Waals surface area contributed by atoms with E-state index in [-0.39, 0.29) is 24.1 Å². The van der Waals surface area contributed by atoms with Crippen LogP contribution in [0.3, 0.4) is 0 Å². The van der Waals surface area contributed by atoms with Crippen LogP contribution in [0.4, 0.5) is 23.0 Å². The number of rotatable bonds is 14. The van der Waals surface area contributed by atoms with Gasteiger partial charge in [0.05, 0.1) is 18.5 Å². The highest BCUT2D eigenvalue weighted by atomic mass is 16.5. The molecule has 6 N–H and O–H groups in total. The van der Waals surface area contributed by atoms with Crippen LogP contribution in [0.2, 0.25) is 0 Å². The Bertz CT molecular complexity index is 1440. The van der Waals surface area contributed by atoms with Crippen molar-refractivity contribution in [2.45, 2.75) is 76.8 Å². The molecule has 3 amide bonds. The van der Waals surface area contributed by atoms with Crippen molar-refractivity contribution < 1.29 is 29.1 Å². The number of benzene rings is 1. The van der Waals surface area contributed by atoms with E-state index in [1.807, 2.05) is 30.0 Å². The minimum absolute atomic E-state index is 0.0920. The van der Waals surface area contributed by atoms with Gasteiger partial charge in [-0.1, -0.05) is 6.92 Å². The number of carbonyl (C=O) groups excluding carboxylic acids is 3. The van der Waals surface area contributed by atoms with Crippen molar-refractivity contribution >= 4 is 40.7 Å². The molecule has 0 unspecified atom stereocenters. The number of piperazine rings is 1. The SMILES string of the molecule is CCc1nc(C(N)=O)c(Nc2ccc(N3CCC(N4CCN(C(=O)CCCCC(=O)NO)CC4)CC3)c(OC)c2)nc1NC1CCOCC1. The van der Waals surface area contributed by atoms with Gasteiger partial charge in [0.2, 0.25) is 11.8 Å². The highest BCUT2D eigenvalue weighted by Crippen LogP contribution is 2.35. The Morgan fingerprint density at radius 2 is 1.69 bits per heavy atom. The summed E-state index contributed by atoms with van der Waals surface area (Å²) in [7, 11) is 1.66. The predicted molar refractivity (Wildman–Crippen MR) is 185 cm³/mol. The fourth-order valence-electron chi connectivity index (χ4n) is 6.86. The van der Waals surface area contributed by atoms with Gasteiger partial charge in [-0.15, -0.1) is 0 Å². The summed E-state index contributed by atoms with van der Waals surface area (Å²) >= 11 is 0. The van der Waals surface area contributed by atoms with Gasteiger partial charge < -0.3 is 35.6 Å². The third-order valence-corrected chi connectivity index (χ3v) is 9.70. The van der Waals surface area contributed by atoms with Crippen molar-refractivity contribution in [3.8, 4) is 5.75 Å². The summed E-state index contributed by atoms with van der Waals surface area (Å²) in [5, 5.41) is 15.4. The molecule has 3 saturated heterocycles. The standard InChI is InChI=1S/C34H51N9O6/c1-3-26-33(36-23-12-20-49-21-13-23)39-34(31(38-26)32(35)46)37-24-8-9-27(28(22-24)48-2)42-14-10-25(11-15-42)41-16-18-43(19-17-41)30(45)7-5-4-6-29(44)40-47/h8-9,22-23,25,47H,3-7,10-21H2,1-2H3,(H2,35,46)(H,40,44)(H2,36,37,39). The first-order chi connectivity index (χ1) is 23.8. The molecule has 3 aliphatic rings. The number of anilines is 4. The maximum Gasteiger partial charge on any atom is 0.271 e. The van der Waals surface area contributed by atoms with Gasteiger partial charge in [-0.2, -0.15) is 0 Å². The molecule has 0 radical (unpaired) electrons. The second-order valence-electron chi connectivity index (χ2n) is 12.9. The molecule has 15 heteroatoms. The highest BCUT2D eigenvalue weighted by molar-refractivity contribution is 5.96. The molecule has 0 bridgehead atoms. The first kappa shape index (κ1) is 36.1. The third-order valence-electron chi connectivity index (χ3n) is 9.70. The van der Waals surface area contributed by atoms with Crippen LogP contribution in [0.25, 0.3) is 0 Å². The predicted octanol–water partition coefficient (Wildman–Crippen LogP) is 2.66. The van der Waals surface area contributed by atoms with E-state index >= 15 is 0 Å². The van der Waals surface area contributed by atoms with Crippen LogP contribution in [0.1, 0.15) is 74.5 Å². The topological polar surface area (TPSA) is 188 Å². The molecule has 268 valence electrons. The lowest BCUT2D eigenvalue weighted by Gasteiger charge is -2.43. The zero-order valence-electron chi connectivity index (χ0n) is 28.7. The smallest absolute Gasteiger partial charge is 0.271 e. The molecular formula is C34H51N9O6. The van der Waals surface area contributed by atoms with Crippen LogP contribution < -0.4 is 31.5 Å². The Morgan fingerprint density at radius 3 is 2.35 bits per heavy atom. The van der Waals surface area contributed by atoms with Crippen molar-refractivity contribution in [3.63, 3.8) is 0 Å². The lowest BCUT2D eigenvalue weighted by atomic mass is 10.0. The average molecular weight is 682 g/mol. The zero-order chi connectivity index (χ0) is 34.8. The number of methoxy groups -OCH3 is 1. The van der Waals surface area contributed by atoms with E-state index in [0.717, 1.165) is 57.5 Å². The lowest BCUT2D eigenvalue weighted by Crippen LogP contribution is -2.54. The monoisotopic (exact) mass is 681 g/mol. The van der Waals surface area contributed by atoms with E-state index in [1.165, 1.54) is 0 Å². The number of piperidine rings is 1. The minimum Gasteiger partial charge on any atom is -0.495 e. The van der Waals surface area contributed by atoms with E-state index in [9.17, 15) is 14.4 Å². The summed E-state index contributed by atoms with van der Waals surface area (Å²) in [4.78, 5) is 52.4. The number of carbonyl (C=O) groups is 3. The molecule has 0 aliphatic carbocycles. The number of primary amides is 1. The summed E-state index contributed by atoms with van der Waals surface area (Å²) in [5.74, 6) is 0.714. The second-order valence-corrected chi connectivity index (χ2v) is 12.9. The van der Waals surface area contributed by atoms with Gasteiger partial charge in [0, 0.05) is 89.2 Å². The van der Waals surface area contributed by atoms with Gasteiger partial charge in [0.25, 0.3) is 5.91 Å². The van der Waals surface area contributed by atoms with Gasteiger partial charge in [-0.3, -0.25) is 24.5 Å². The van der Waals surface area contributed by atoms with Gasteiger partial charge in [0.1, 0.15) is 5.75 Å². The zero-order valence-corrected chi connectivity index (χ0v) is 28.7. The molecular weight excluding hydrogens is 630 g/mol. The molecule has 2 aromatic rings. The number of nitrogens with two attached hydrogens (primary N) is 1. The van der Waals surface area contributed by atoms with Crippen molar-refractivity contribution in [1.29, 1.82) is 0 Å². The van der Waals surface area contributed by atoms with E-state index in [4.69, 9.17) is 25.4 Å². The number of nitrogens with one attached hydrogen (secondary N) is 3. The lowest BCUT2D eigenvalue weighted by molar-refractivity contribution is -0.134. The van der Waals surface area contributed by atoms with Crippen molar-refractivity contribution in [1.82, 2.24) is 25.2 Å². The normalized spacial score (nSPS) is 17.9. The van der Waals surface area contributed by atoms with Crippen molar-refractivity contribution in [2.75, 3.05) is 75.1 Å². The summed E-state index contributed by atoms with van der Waals surface area (Å²) in [6.45, 7) is 8.27. The molecule has 0 atom stereocenters. The molecule has 3 aliphatic heterocycles. The van der Waals surface area contributed by atoms with Gasteiger partial charge in [-0.25, -0.2) is 15.4 Å². The quantitative estimate of drug-likeness (QED) is 0.112. The fourth-order valence-corrected chi connectivity index (χ4v) is 6.86. The van der Waals surface area contributed by atoms with Crippen molar-refractivity contribution in [2.24, 2.45) is 5.73 Å². The van der Waals surface area contributed by atoms with Crippen LogP contribution in [-0.2, 0) is 20.7 Å². The van der Waals surface area contributed by atoms with E-state index < -0.39 is 11.8 Å². The Balaban J connectivity index is 1.16. The first-order valence-electron chi connectivity index (χ1n) is 17.5. The Labute approximate surface area is 287 Å². The number of hydrogen-bond acceptors (Lipinski definition) is 12. The molecule has 5 rings (SSSR count). The Hall–Kier alpha value is -4.21. The van der Waals surface area contributed by atoms with E-state index in [0.29, 0.717) is 86.8 Å². The summed E-state index contributed by atoms with van der Waals surface area (Å²) in [6.07, 6.45) is 6.22. The largest absolute Gasteiger partial charge is 0.495 e. The maximum absolute atomic E-state index is 12.6. The number of aryl methyl sites for hydroxylation is 1. The van der Waals surface area contributed by atoms with Gasteiger partial charge in [0.15, 0.2) is 17.3 Å². The first-order valence-corrected chi connectivity index (χ1v) is 17.5. The molecule has 0 spiro atoms. The van der Waals surface area contributed by atoms with Crippen LogP contribution in [-0.4, -0.2) is 114 Å². The number of hydrogen-bond donors (Lipinski definition) is 5. The molecule has 49 heavy (non-hydrogen) atoms. The van der Waals surface area contributed by atoms with Crippen LogP contribution in [0, 0.1) is 0 Å². The second kappa shape index (κ2) is 17.4. The summed E-state index contributed by atoms with van der Waals surface area (Å²) in [5.41, 5.74) is 9.85. The summed E-state index contributed by atoms with van der Waals surface area (Å²) in [6, 6.07) is 6.56. The molecule has 0 saturated carbocycles. The van der Waals surface area contributed by atoms with Crippen LogP contribution in [0.15, 0.2) is 18.2 Å². The van der Waals surface area contributed by atoms with Gasteiger partial charge >= 0.3 is 0 Å². The molecule has 3 fully saturated rings. The van der Waals surface area contributed by atoms with E-state index in [2.05, 4.69) is 25.4 Å². The minimum atomic E-state index is -0.649. The van der Waals surface area contributed by atoms with Crippen LogP contribution in [0.5, 0.6) is 5.75 Å². The number of amides is 3. The van der Waals surface area contributed by atoms with Gasteiger partial charge in [-0.05, 0) is 57.1 Å². The Kier molecular flexibility index (Phi) is 12.8. The average Bonchev–Trinajstić information content (AvgIpc) is 3.13. The number of ether oxygens (including phenoxy) is 2. The molecule has 1 aromatic heterocycles. The number of aromatic nitrogens is 2.